The Kier molecular flexibility index (Phi) is 4.00. The van der Waals surface area contributed by atoms with Crippen LogP contribution >= 0.6 is 11.8 Å². The fourth-order valence-corrected chi connectivity index (χ4v) is 3.09. The van der Waals surface area contributed by atoms with Crippen LogP contribution in [0.1, 0.15) is 26.3 Å². The zero-order valence-electron chi connectivity index (χ0n) is 10.8. The molecule has 1 aromatic rings. The number of nitrogens with two attached hydrogens (primary N) is 1. The number of rotatable bonds is 4. The molecule has 2 N–H and O–H groups in total. The van der Waals surface area contributed by atoms with E-state index in [1.807, 2.05) is 18.7 Å². The van der Waals surface area contributed by atoms with Crippen LogP contribution in [0.5, 0.6) is 0 Å². The first-order valence-electron chi connectivity index (χ1n) is 6.23. The van der Waals surface area contributed by atoms with E-state index in [9.17, 15) is 0 Å². The molecule has 1 unspecified atom stereocenters. The van der Waals surface area contributed by atoms with E-state index in [-0.39, 0.29) is 6.17 Å². The van der Waals surface area contributed by atoms with Gasteiger partial charge in [0.2, 0.25) is 0 Å². The van der Waals surface area contributed by atoms with Gasteiger partial charge in [-0.3, -0.25) is 0 Å². The van der Waals surface area contributed by atoms with Crippen molar-refractivity contribution in [3.8, 4) is 0 Å². The van der Waals surface area contributed by atoms with Crippen molar-refractivity contribution in [2.24, 2.45) is 5.73 Å². The van der Waals surface area contributed by atoms with Crippen molar-refractivity contribution < 1.29 is 0 Å². The summed E-state index contributed by atoms with van der Waals surface area (Å²) >= 11 is 1.91. The number of fused-ring (bicyclic) bond motifs is 1. The summed E-state index contributed by atoms with van der Waals surface area (Å²) in [6.45, 7) is 7.51. The molecule has 0 aliphatic carbocycles. The highest BCUT2D eigenvalue weighted by Crippen LogP contribution is 2.34. The lowest BCUT2D eigenvalue weighted by molar-refractivity contribution is 0.699. The van der Waals surface area contributed by atoms with Crippen LogP contribution in [0.4, 0.5) is 5.69 Å². The maximum Gasteiger partial charge on any atom is 0.0800 e. The molecule has 0 aromatic heterocycles. The highest BCUT2D eigenvalue weighted by atomic mass is 32.2. The lowest BCUT2D eigenvalue weighted by Gasteiger charge is -2.26. The summed E-state index contributed by atoms with van der Waals surface area (Å²) in [5.74, 6) is 0. The van der Waals surface area contributed by atoms with Crippen LogP contribution in [-0.4, -0.2) is 18.0 Å². The lowest BCUT2D eigenvalue weighted by atomic mass is 10.2. The van der Waals surface area contributed by atoms with Crippen molar-refractivity contribution in [3.63, 3.8) is 0 Å². The summed E-state index contributed by atoms with van der Waals surface area (Å²) in [6.07, 6.45) is 3.21. The summed E-state index contributed by atoms with van der Waals surface area (Å²) < 4.78 is 0. The van der Waals surface area contributed by atoms with Crippen molar-refractivity contribution in [2.75, 3.05) is 11.4 Å². The zero-order chi connectivity index (χ0) is 12.4. The molecule has 2 nitrogen and oxygen atoms in total. The number of hydrogen-bond acceptors (Lipinski definition) is 3. The Balaban J connectivity index is 2.24. The van der Waals surface area contributed by atoms with Gasteiger partial charge in [-0.2, -0.15) is 0 Å². The van der Waals surface area contributed by atoms with Gasteiger partial charge in [-0.25, -0.2) is 0 Å². The van der Waals surface area contributed by atoms with Crippen LogP contribution < -0.4 is 10.6 Å². The van der Waals surface area contributed by atoms with Crippen LogP contribution in [-0.2, 0) is 6.42 Å². The summed E-state index contributed by atoms with van der Waals surface area (Å²) in [5, 5.41) is 0.620. The van der Waals surface area contributed by atoms with Gasteiger partial charge in [0.25, 0.3) is 0 Å². The van der Waals surface area contributed by atoms with Gasteiger partial charge in [0, 0.05) is 22.4 Å². The van der Waals surface area contributed by atoms with E-state index in [2.05, 4.69) is 43.4 Å². The second kappa shape index (κ2) is 5.32. The monoisotopic (exact) mass is 249 g/mol. The molecule has 3 heteroatoms. The minimum Gasteiger partial charge on any atom is -0.355 e. The molecule has 2 rings (SSSR count). The minimum atomic E-state index is 0.0375. The summed E-state index contributed by atoms with van der Waals surface area (Å²) in [7, 11) is 0. The fraction of sp³-hybridized carbons (Fsp3) is 0.500. The van der Waals surface area contributed by atoms with E-state index in [0.717, 1.165) is 13.0 Å². The van der Waals surface area contributed by atoms with Gasteiger partial charge in [-0.1, -0.05) is 26.8 Å². The van der Waals surface area contributed by atoms with Gasteiger partial charge in [0.05, 0.1) is 6.17 Å². The second-order valence-electron chi connectivity index (χ2n) is 4.72. The van der Waals surface area contributed by atoms with E-state index in [0.29, 0.717) is 5.25 Å². The Morgan fingerprint density at radius 2 is 2.18 bits per heavy atom. The summed E-state index contributed by atoms with van der Waals surface area (Å²) in [4.78, 5) is 3.63. The highest BCUT2D eigenvalue weighted by Gasteiger charge is 2.23. The molecule has 0 bridgehead atoms. The minimum absolute atomic E-state index is 0.0375. The van der Waals surface area contributed by atoms with Crippen molar-refractivity contribution in [2.45, 2.75) is 43.5 Å². The van der Waals surface area contributed by atoms with Gasteiger partial charge < -0.3 is 10.6 Å². The Hall–Kier alpha value is -0.670. The molecule has 0 amide bonds. The summed E-state index contributed by atoms with van der Waals surface area (Å²) in [5.41, 5.74) is 8.85. The summed E-state index contributed by atoms with van der Waals surface area (Å²) in [6, 6.07) is 6.77. The third-order valence-electron chi connectivity index (χ3n) is 3.06. The maximum absolute atomic E-state index is 6.11. The molecule has 1 heterocycles. The number of hydrogen-bond donors (Lipinski definition) is 1. The first-order valence-corrected chi connectivity index (χ1v) is 7.11. The van der Waals surface area contributed by atoms with Crippen LogP contribution in [0.15, 0.2) is 23.1 Å². The smallest absolute Gasteiger partial charge is 0.0800 e. The standard InChI is InChI=1S/C14H21N2S/c1-4-14(15)16-8-7-11-5-6-12(9-13(11)16)17-10(2)3/h4-6,9-10,14H,7-8,15H2,1-3H3. The Morgan fingerprint density at radius 1 is 1.41 bits per heavy atom. The molecule has 1 atom stereocenters. The average molecular weight is 249 g/mol. The quantitative estimate of drug-likeness (QED) is 0.832. The Labute approximate surface area is 109 Å². The second-order valence-corrected chi connectivity index (χ2v) is 6.37. The van der Waals surface area contributed by atoms with Gasteiger partial charge in [-0.15, -0.1) is 11.8 Å². The molecule has 0 fully saturated rings. The normalized spacial score (nSPS) is 16.4. The molecule has 17 heavy (non-hydrogen) atoms. The molecule has 93 valence electrons. The van der Waals surface area contributed by atoms with Crippen molar-refractivity contribution >= 4 is 17.4 Å². The number of nitrogens with zero attached hydrogens (tertiary/aromatic N) is 1. The van der Waals surface area contributed by atoms with E-state index >= 15 is 0 Å². The molecule has 0 saturated carbocycles. The van der Waals surface area contributed by atoms with Crippen molar-refractivity contribution in [1.29, 1.82) is 0 Å². The molecular weight excluding hydrogens is 228 g/mol. The van der Waals surface area contributed by atoms with Crippen molar-refractivity contribution in [1.82, 2.24) is 0 Å². The van der Waals surface area contributed by atoms with E-state index in [1.54, 1.807) is 0 Å². The molecule has 1 aliphatic heterocycles. The number of benzene rings is 1. The van der Waals surface area contributed by atoms with Crippen LogP contribution in [0.2, 0.25) is 0 Å². The fourth-order valence-electron chi connectivity index (χ4n) is 2.22. The molecular formula is C14H21N2S. The third kappa shape index (κ3) is 2.78. The van der Waals surface area contributed by atoms with Crippen molar-refractivity contribution in [3.05, 3.63) is 30.2 Å². The molecule has 0 spiro atoms. The number of thioether (sulfide) groups is 1. The topological polar surface area (TPSA) is 29.3 Å². The van der Waals surface area contributed by atoms with Gasteiger partial charge in [0.1, 0.15) is 0 Å². The molecule has 1 radical (unpaired) electrons. The first-order chi connectivity index (χ1) is 8.11. The maximum atomic E-state index is 6.11. The Morgan fingerprint density at radius 3 is 2.82 bits per heavy atom. The predicted octanol–water partition coefficient (Wildman–Crippen LogP) is 3.06. The largest absolute Gasteiger partial charge is 0.355 e. The average Bonchev–Trinajstić information content (AvgIpc) is 2.70. The van der Waals surface area contributed by atoms with E-state index in [4.69, 9.17) is 5.73 Å². The molecule has 1 aromatic carbocycles. The number of anilines is 1. The third-order valence-corrected chi connectivity index (χ3v) is 4.06. The SMILES string of the molecule is C[CH]C(N)N1CCc2ccc(SC(C)C)cc21. The lowest BCUT2D eigenvalue weighted by Crippen LogP contribution is -2.40. The van der Waals surface area contributed by atoms with E-state index in [1.165, 1.54) is 16.1 Å². The highest BCUT2D eigenvalue weighted by molar-refractivity contribution is 7.99. The van der Waals surface area contributed by atoms with Gasteiger partial charge in [0.15, 0.2) is 0 Å². The van der Waals surface area contributed by atoms with Crippen LogP contribution in [0.3, 0.4) is 0 Å². The first kappa shape index (κ1) is 12.8. The Bertz CT molecular complexity index is 390. The zero-order valence-corrected chi connectivity index (χ0v) is 11.6. The van der Waals surface area contributed by atoms with Crippen LogP contribution in [0, 0.1) is 6.42 Å². The predicted molar refractivity (Wildman–Crippen MR) is 76.4 cm³/mol. The van der Waals surface area contributed by atoms with E-state index < -0.39 is 0 Å². The van der Waals surface area contributed by atoms with Gasteiger partial charge >= 0.3 is 0 Å². The molecule has 0 saturated heterocycles. The molecule has 1 aliphatic rings. The van der Waals surface area contributed by atoms with Gasteiger partial charge in [-0.05, 0) is 30.5 Å². The van der Waals surface area contributed by atoms with Crippen LogP contribution in [0.25, 0.3) is 0 Å².